The Balaban J connectivity index is 2.78. The second-order valence-corrected chi connectivity index (χ2v) is 3.44. The van der Waals surface area contributed by atoms with E-state index in [1.165, 1.54) is 0 Å². The molecule has 54 valence electrons. The number of halogens is 1. The van der Waals surface area contributed by atoms with Crippen LogP contribution >= 0.6 is 15.9 Å². The Morgan fingerprint density at radius 2 is 2.50 bits per heavy atom. The van der Waals surface area contributed by atoms with Crippen LogP contribution < -0.4 is 0 Å². The number of H-pyrrole nitrogens is 1. The van der Waals surface area contributed by atoms with E-state index in [0.29, 0.717) is 5.69 Å². The number of nitrogens with one attached hydrogen (secondary N) is 1. The number of aromatic nitrogens is 1. The molecule has 1 atom stereocenters. The predicted octanol–water partition coefficient (Wildman–Crippen LogP) is 1.98. The number of alkyl halides is 1. The van der Waals surface area contributed by atoms with Crippen LogP contribution in [-0.2, 0) is 0 Å². The van der Waals surface area contributed by atoms with Crippen molar-refractivity contribution in [3.05, 3.63) is 24.0 Å². The molecule has 0 aliphatic rings. The van der Waals surface area contributed by atoms with Gasteiger partial charge in [-0.25, -0.2) is 0 Å². The second kappa shape index (κ2) is 3.01. The average Bonchev–Trinajstić information content (AvgIpc) is 2.36. The van der Waals surface area contributed by atoms with Crippen LogP contribution in [0.15, 0.2) is 18.3 Å². The summed E-state index contributed by atoms with van der Waals surface area (Å²) in [6.07, 6.45) is 1.74. The Labute approximate surface area is 67.8 Å². The Bertz CT molecular complexity index is 216. The largest absolute Gasteiger partial charge is 0.359 e. The molecule has 1 unspecified atom stereocenters. The summed E-state index contributed by atoms with van der Waals surface area (Å²) in [6.45, 7) is 1.81. The van der Waals surface area contributed by atoms with E-state index in [2.05, 4.69) is 20.9 Å². The van der Waals surface area contributed by atoms with Gasteiger partial charge in [0.05, 0.1) is 10.5 Å². The first-order valence-electron chi connectivity index (χ1n) is 3.03. The van der Waals surface area contributed by atoms with E-state index in [1.807, 2.05) is 13.0 Å². The second-order valence-electron chi connectivity index (χ2n) is 2.06. The zero-order valence-electron chi connectivity index (χ0n) is 5.60. The molecule has 0 fully saturated rings. The normalized spacial score (nSPS) is 13.0. The van der Waals surface area contributed by atoms with Gasteiger partial charge in [0, 0.05) is 6.20 Å². The van der Waals surface area contributed by atoms with Gasteiger partial charge in [0.2, 0.25) is 0 Å². The molecule has 0 saturated carbocycles. The van der Waals surface area contributed by atoms with Crippen LogP contribution in [0.5, 0.6) is 0 Å². The van der Waals surface area contributed by atoms with Gasteiger partial charge in [-0.1, -0.05) is 15.9 Å². The minimum Gasteiger partial charge on any atom is -0.359 e. The Morgan fingerprint density at radius 1 is 1.80 bits per heavy atom. The van der Waals surface area contributed by atoms with Gasteiger partial charge in [-0.05, 0) is 19.1 Å². The summed E-state index contributed by atoms with van der Waals surface area (Å²) in [6, 6.07) is 3.57. The van der Waals surface area contributed by atoms with Crippen LogP contribution in [0.25, 0.3) is 0 Å². The molecule has 0 aliphatic heterocycles. The summed E-state index contributed by atoms with van der Waals surface area (Å²) in [4.78, 5) is 13.9. The van der Waals surface area contributed by atoms with Crippen molar-refractivity contribution < 1.29 is 4.79 Å². The fourth-order valence-corrected chi connectivity index (χ4v) is 0.945. The number of Topliss-reactive ketones (excluding diaryl/α,β-unsaturated/α-hetero) is 1. The number of hydrogen-bond acceptors (Lipinski definition) is 1. The first-order valence-corrected chi connectivity index (χ1v) is 3.95. The van der Waals surface area contributed by atoms with Crippen LogP contribution in [0.4, 0.5) is 0 Å². The van der Waals surface area contributed by atoms with Gasteiger partial charge < -0.3 is 4.98 Å². The number of ketones is 1. The van der Waals surface area contributed by atoms with Gasteiger partial charge in [-0.15, -0.1) is 0 Å². The average molecular weight is 202 g/mol. The Hall–Kier alpha value is -0.570. The molecule has 1 N–H and O–H groups in total. The highest BCUT2D eigenvalue weighted by Gasteiger charge is 2.11. The number of hydrogen-bond donors (Lipinski definition) is 1. The molecule has 2 nitrogen and oxygen atoms in total. The zero-order chi connectivity index (χ0) is 7.56. The van der Waals surface area contributed by atoms with Crippen molar-refractivity contribution in [3.63, 3.8) is 0 Å². The molecule has 1 aromatic rings. The van der Waals surface area contributed by atoms with Crippen molar-refractivity contribution in [3.8, 4) is 0 Å². The molecule has 0 radical (unpaired) electrons. The lowest BCUT2D eigenvalue weighted by Gasteiger charge is -1.97. The summed E-state index contributed by atoms with van der Waals surface area (Å²) in [5.74, 6) is 0.0880. The first-order chi connectivity index (χ1) is 4.72. The summed E-state index contributed by atoms with van der Waals surface area (Å²) in [5.41, 5.74) is 0.657. The third kappa shape index (κ3) is 1.48. The predicted molar refractivity (Wildman–Crippen MR) is 43.5 cm³/mol. The van der Waals surface area contributed by atoms with Crippen molar-refractivity contribution in [2.75, 3.05) is 0 Å². The molecule has 0 aliphatic carbocycles. The van der Waals surface area contributed by atoms with E-state index in [4.69, 9.17) is 0 Å². The quantitative estimate of drug-likeness (QED) is 0.577. The molecule has 0 bridgehead atoms. The van der Waals surface area contributed by atoms with E-state index in [9.17, 15) is 4.79 Å². The fourth-order valence-electron chi connectivity index (χ4n) is 0.698. The van der Waals surface area contributed by atoms with Gasteiger partial charge in [0.25, 0.3) is 0 Å². The number of carbonyl (C=O) groups is 1. The highest BCUT2D eigenvalue weighted by atomic mass is 79.9. The molecule has 3 heteroatoms. The zero-order valence-corrected chi connectivity index (χ0v) is 7.18. The van der Waals surface area contributed by atoms with Gasteiger partial charge >= 0.3 is 0 Å². The summed E-state index contributed by atoms with van der Waals surface area (Å²) < 4.78 is 0. The Morgan fingerprint density at radius 3 is 2.90 bits per heavy atom. The summed E-state index contributed by atoms with van der Waals surface area (Å²) in [7, 11) is 0. The van der Waals surface area contributed by atoms with E-state index in [0.717, 1.165) is 0 Å². The van der Waals surface area contributed by atoms with Gasteiger partial charge in [-0.3, -0.25) is 4.79 Å². The minimum absolute atomic E-state index is 0.0880. The van der Waals surface area contributed by atoms with Gasteiger partial charge in [0.1, 0.15) is 0 Å². The number of carbonyl (C=O) groups excluding carboxylic acids is 1. The van der Waals surface area contributed by atoms with Crippen LogP contribution in [0.3, 0.4) is 0 Å². The highest BCUT2D eigenvalue weighted by Crippen LogP contribution is 2.06. The molecule has 1 rings (SSSR count). The molecule has 0 aromatic carbocycles. The molecule has 0 spiro atoms. The van der Waals surface area contributed by atoms with Crippen LogP contribution in [0.2, 0.25) is 0 Å². The monoisotopic (exact) mass is 201 g/mol. The summed E-state index contributed by atoms with van der Waals surface area (Å²) >= 11 is 3.19. The maximum atomic E-state index is 11.1. The molecule has 10 heavy (non-hydrogen) atoms. The molecule has 0 saturated heterocycles. The summed E-state index contributed by atoms with van der Waals surface area (Å²) in [5, 5.41) is 0. The molecule has 1 heterocycles. The van der Waals surface area contributed by atoms with Gasteiger partial charge in [-0.2, -0.15) is 0 Å². The molecule has 1 aromatic heterocycles. The topological polar surface area (TPSA) is 32.9 Å². The lowest BCUT2D eigenvalue weighted by atomic mass is 10.2. The third-order valence-corrected chi connectivity index (χ3v) is 1.64. The van der Waals surface area contributed by atoms with Crippen LogP contribution in [-0.4, -0.2) is 15.6 Å². The van der Waals surface area contributed by atoms with Crippen molar-refractivity contribution in [1.29, 1.82) is 0 Å². The lowest BCUT2D eigenvalue weighted by molar-refractivity contribution is 0.0991. The molecule has 0 amide bonds. The number of rotatable bonds is 2. The maximum absolute atomic E-state index is 11.1. The minimum atomic E-state index is -0.105. The van der Waals surface area contributed by atoms with Crippen molar-refractivity contribution in [2.24, 2.45) is 0 Å². The van der Waals surface area contributed by atoms with Crippen LogP contribution in [0.1, 0.15) is 17.4 Å². The van der Waals surface area contributed by atoms with Crippen LogP contribution in [0, 0.1) is 0 Å². The van der Waals surface area contributed by atoms with Crippen molar-refractivity contribution >= 4 is 21.7 Å². The van der Waals surface area contributed by atoms with Crippen molar-refractivity contribution in [1.82, 2.24) is 4.98 Å². The van der Waals surface area contributed by atoms with Crippen molar-refractivity contribution in [2.45, 2.75) is 11.8 Å². The van der Waals surface area contributed by atoms with E-state index in [-0.39, 0.29) is 10.6 Å². The van der Waals surface area contributed by atoms with Gasteiger partial charge in [0.15, 0.2) is 5.78 Å². The smallest absolute Gasteiger partial charge is 0.192 e. The number of aromatic amines is 1. The Kier molecular flexibility index (Phi) is 2.27. The standard InChI is InChI=1S/C7H8BrNO/c1-5(8)7(10)6-3-2-4-9-6/h2-5,9H,1H3. The first kappa shape index (κ1) is 7.54. The maximum Gasteiger partial charge on any atom is 0.192 e. The molecular formula is C7H8BrNO. The lowest BCUT2D eigenvalue weighted by Crippen LogP contribution is -2.09. The van der Waals surface area contributed by atoms with E-state index >= 15 is 0 Å². The third-order valence-electron chi connectivity index (χ3n) is 1.22. The fraction of sp³-hybridized carbons (Fsp3) is 0.286. The van der Waals surface area contributed by atoms with E-state index in [1.54, 1.807) is 12.3 Å². The highest BCUT2D eigenvalue weighted by molar-refractivity contribution is 9.10. The molecular weight excluding hydrogens is 194 g/mol. The SMILES string of the molecule is CC(Br)C(=O)c1ccc[nH]1. The van der Waals surface area contributed by atoms with E-state index < -0.39 is 0 Å².